The van der Waals surface area contributed by atoms with Crippen LogP contribution in [0.1, 0.15) is 22.8 Å². The first kappa shape index (κ1) is 10.1. The van der Waals surface area contributed by atoms with Crippen LogP contribution in [0.15, 0.2) is 12.1 Å². The number of rotatable bonds is 2. The van der Waals surface area contributed by atoms with Crippen LogP contribution in [0.5, 0.6) is 5.75 Å². The molecule has 0 saturated carbocycles. The molecule has 1 aromatic rings. The van der Waals surface area contributed by atoms with E-state index in [-0.39, 0.29) is 5.78 Å². The van der Waals surface area contributed by atoms with Gasteiger partial charge in [-0.3, -0.25) is 4.79 Å². The summed E-state index contributed by atoms with van der Waals surface area (Å²) in [5, 5.41) is 0.448. The lowest BCUT2D eigenvalue weighted by Gasteiger charge is -2.08. The molecule has 0 spiro atoms. The van der Waals surface area contributed by atoms with E-state index in [4.69, 9.17) is 16.3 Å². The Balaban J connectivity index is 3.38. The maximum absolute atomic E-state index is 11.2. The van der Waals surface area contributed by atoms with Crippen molar-refractivity contribution in [2.24, 2.45) is 0 Å². The van der Waals surface area contributed by atoms with Gasteiger partial charge in [0.2, 0.25) is 0 Å². The Bertz CT molecular complexity index is 345. The number of carbonyl (C=O) groups excluding carboxylic acids is 1. The van der Waals surface area contributed by atoms with Crippen molar-refractivity contribution in [2.45, 2.75) is 13.8 Å². The van der Waals surface area contributed by atoms with Gasteiger partial charge in [0.25, 0.3) is 0 Å². The molecule has 70 valence electrons. The minimum atomic E-state index is -0.0816. The molecule has 0 aliphatic rings. The molecule has 0 heterocycles. The summed E-state index contributed by atoms with van der Waals surface area (Å²) < 4.78 is 5.06. The highest BCUT2D eigenvalue weighted by Gasteiger charge is 2.12. The second kappa shape index (κ2) is 3.79. The summed E-state index contributed by atoms with van der Waals surface area (Å²) in [4.78, 5) is 11.2. The zero-order valence-electron chi connectivity index (χ0n) is 7.85. The van der Waals surface area contributed by atoms with Crippen LogP contribution in [-0.4, -0.2) is 12.9 Å². The third kappa shape index (κ3) is 2.01. The van der Waals surface area contributed by atoms with E-state index in [1.165, 1.54) is 14.0 Å². The van der Waals surface area contributed by atoms with E-state index in [2.05, 4.69) is 0 Å². The molecule has 0 unspecified atom stereocenters. The number of methoxy groups -OCH3 is 1. The van der Waals surface area contributed by atoms with Gasteiger partial charge < -0.3 is 4.74 Å². The Hall–Kier alpha value is -1.02. The van der Waals surface area contributed by atoms with Crippen LogP contribution >= 0.6 is 11.6 Å². The third-order valence-electron chi connectivity index (χ3n) is 1.77. The van der Waals surface area contributed by atoms with Crippen molar-refractivity contribution in [2.75, 3.05) is 7.11 Å². The molecule has 13 heavy (non-hydrogen) atoms. The van der Waals surface area contributed by atoms with E-state index < -0.39 is 0 Å². The van der Waals surface area contributed by atoms with Gasteiger partial charge in [0, 0.05) is 0 Å². The lowest BCUT2D eigenvalue weighted by molar-refractivity contribution is 0.101. The maximum atomic E-state index is 11.2. The molecule has 0 N–H and O–H groups in total. The van der Waals surface area contributed by atoms with Gasteiger partial charge >= 0.3 is 0 Å². The summed E-state index contributed by atoms with van der Waals surface area (Å²) in [7, 11) is 1.53. The van der Waals surface area contributed by atoms with E-state index in [0.717, 1.165) is 5.56 Å². The first-order valence-corrected chi connectivity index (χ1v) is 4.29. The van der Waals surface area contributed by atoms with Crippen molar-refractivity contribution in [3.05, 3.63) is 28.3 Å². The van der Waals surface area contributed by atoms with Crippen LogP contribution in [0.3, 0.4) is 0 Å². The molecule has 2 nitrogen and oxygen atoms in total. The fourth-order valence-electron chi connectivity index (χ4n) is 1.21. The highest BCUT2D eigenvalue weighted by molar-refractivity contribution is 6.34. The average Bonchev–Trinajstić information content (AvgIpc) is 2.01. The quantitative estimate of drug-likeness (QED) is 0.684. The van der Waals surface area contributed by atoms with Gasteiger partial charge in [-0.05, 0) is 31.5 Å². The lowest BCUT2D eigenvalue weighted by Crippen LogP contribution is -1.99. The molecular weight excluding hydrogens is 188 g/mol. The number of hydrogen-bond acceptors (Lipinski definition) is 2. The van der Waals surface area contributed by atoms with Gasteiger partial charge in [0.05, 0.1) is 17.7 Å². The summed E-state index contributed by atoms with van der Waals surface area (Å²) >= 11 is 5.91. The molecule has 0 aliphatic heterocycles. The summed E-state index contributed by atoms with van der Waals surface area (Å²) in [5.41, 5.74) is 1.43. The van der Waals surface area contributed by atoms with Crippen LogP contribution < -0.4 is 4.74 Å². The molecule has 0 amide bonds. The first-order valence-electron chi connectivity index (χ1n) is 3.91. The zero-order valence-corrected chi connectivity index (χ0v) is 8.61. The number of aryl methyl sites for hydroxylation is 1. The predicted octanol–water partition coefficient (Wildman–Crippen LogP) is 2.86. The average molecular weight is 199 g/mol. The second-order valence-corrected chi connectivity index (χ2v) is 3.29. The fourth-order valence-corrected chi connectivity index (χ4v) is 1.61. The Morgan fingerprint density at radius 3 is 2.54 bits per heavy atom. The molecule has 1 rings (SSSR count). The molecule has 0 aromatic heterocycles. The second-order valence-electron chi connectivity index (χ2n) is 2.88. The third-order valence-corrected chi connectivity index (χ3v) is 2.07. The number of benzene rings is 1. The van der Waals surface area contributed by atoms with Crippen LogP contribution in [-0.2, 0) is 0 Å². The van der Waals surface area contributed by atoms with Gasteiger partial charge in [-0.2, -0.15) is 0 Å². The van der Waals surface area contributed by atoms with Gasteiger partial charge in [-0.1, -0.05) is 11.6 Å². The standard InChI is InChI=1S/C10H11ClO2/c1-6-4-8(11)10(7(2)12)9(5-6)13-3/h4-5H,1-3H3. The number of Topliss-reactive ketones (excluding diaryl/α,β-unsaturated/α-hetero) is 1. The molecule has 3 heteroatoms. The number of halogens is 1. The Labute approximate surface area is 82.5 Å². The number of hydrogen-bond donors (Lipinski definition) is 0. The molecule has 0 saturated heterocycles. The van der Waals surface area contributed by atoms with Crippen molar-refractivity contribution >= 4 is 17.4 Å². The monoisotopic (exact) mass is 198 g/mol. The molecule has 1 aromatic carbocycles. The predicted molar refractivity (Wildman–Crippen MR) is 52.7 cm³/mol. The highest BCUT2D eigenvalue weighted by Crippen LogP contribution is 2.28. The summed E-state index contributed by atoms with van der Waals surface area (Å²) in [5.74, 6) is 0.458. The van der Waals surface area contributed by atoms with Crippen molar-refractivity contribution in [1.29, 1.82) is 0 Å². The Kier molecular flexibility index (Phi) is 2.94. The molecule has 0 fully saturated rings. The van der Waals surface area contributed by atoms with E-state index in [1.807, 2.05) is 6.92 Å². The van der Waals surface area contributed by atoms with Gasteiger partial charge in [0.15, 0.2) is 5.78 Å². The van der Waals surface area contributed by atoms with E-state index in [1.54, 1.807) is 12.1 Å². The molecular formula is C10H11ClO2. The SMILES string of the molecule is COc1cc(C)cc(Cl)c1C(C)=O. The van der Waals surface area contributed by atoms with Crippen molar-refractivity contribution < 1.29 is 9.53 Å². The topological polar surface area (TPSA) is 26.3 Å². The van der Waals surface area contributed by atoms with Crippen molar-refractivity contribution in [1.82, 2.24) is 0 Å². The van der Waals surface area contributed by atoms with Crippen LogP contribution in [0, 0.1) is 6.92 Å². The van der Waals surface area contributed by atoms with Gasteiger partial charge in [-0.25, -0.2) is 0 Å². The Morgan fingerprint density at radius 1 is 1.46 bits per heavy atom. The molecule has 0 radical (unpaired) electrons. The first-order chi connectivity index (χ1) is 6.06. The molecule has 0 aliphatic carbocycles. The minimum Gasteiger partial charge on any atom is -0.496 e. The lowest BCUT2D eigenvalue weighted by atomic mass is 10.1. The summed E-state index contributed by atoms with van der Waals surface area (Å²) in [6.45, 7) is 3.37. The van der Waals surface area contributed by atoms with Crippen LogP contribution in [0.2, 0.25) is 5.02 Å². The highest BCUT2D eigenvalue weighted by atomic mass is 35.5. The zero-order chi connectivity index (χ0) is 10.0. The molecule has 0 atom stereocenters. The van der Waals surface area contributed by atoms with Gasteiger partial charge in [-0.15, -0.1) is 0 Å². The smallest absolute Gasteiger partial charge is 0.165 e. The summed E-state index contributed by atoms with van der Waals surface area (Å²) in [6, 6.07) is 3.55. The van der Waals surface area contributed by atoms with Crippen LogP contribution in [0.4, 0.5) is 0 Å². The van der Waals surface area contributed by atoms with E-state index in [9.17, 15) is 4.79 Å². The molecule has 0 bridgehead atoms. The van der Waals surface area contributed by atoms with E-state index in [0.29, 0.717) is 16.3 Å². The summed E-state index contributed by atoms with van der Waals surface area (Å²) in [6.07, 6.45) is 0. The minimum absolute atomic E-state index is 0.0816. The Morgan fingerprint density at radius 2 is 2.08 bits per heavy atom. The van der Waals surface area contributed by atoms with E-state index >= 15 is 0 Å². The van der Waals surface area contributed by atoms with Crippen LogP contribution in [0.25, 0.3) is 0 Å². The van der Waals surface area contributed by atoms with Gasteiger partial charge in [0.1, 0.15) is 5.75 Å². The number of ketones is 1. The fraction of sp³-hybridized carbons (Fsp3) is 0.300. The number of carbonyl (C=O) groups is 1. The number of ether oxygens (including phenoxy) is 1. The largest absolute Gasteiger partial charge is 0.496 e. The maximum Gasteiger partial charge on any atom is 0.165 e. The van der Waals surface area contributed by atoms with Crippen molar-refractivity contribution in [3.8, 4) is 5.75 Å². The van der Waals surface area contributed by atoms with Crippen molar-refractivity contribution in [3.63, 3.8) is 0 Å². The normalized spacial score (nSPS) is 9.85.